The molecule has 1 aromatic rings. The Morgan fingerprint density at radius 2 is 1.17 bits per heavy atom. The third kappa shape index (κ3) is 6.23. The molecular weight excluding hydrogens is 216 g/mol. The Labute approximate surface area is 114 Å². The van der Waals surface area contributed by atoms with Crippen LogP contribution in [0.25, 0.3) is 0 Å². The van der Waals surface area contributed by atoms with E-state index in [9.17, 15) is 0 Å². The maximum atomic E-state index is 2.26. The van der Waals surface area contributed by atoms with E-state index in [1.807, 2.05) is 0 Å². The zero-order valence-electron chi connectivity index (χ0n) is 12.4. The van der Waals surface area contributed by atoms with Crippen LogP contribution in [0.15, 0.2) is 24.3 Å². The van der Waals surface area contributed by atoms with Crippen molar-refractivity contribution in [2.75, 3.05) is 0 Å². The molecule has 0 bridgehead atoms. The summed E-state index contributed by atoms with van der Waals surface area (Å²) in [6.07, 6.45) is 13.9. The zero-order chi connectivity index (χ0) is 13.1. The monoisotopic (exact) mass is 246 g/mol. The van der Waals surface area contributed by atoms with Crippen LogP contribution in [-0.4, -0.2) is 0 Å². The summed E-state index contributed by atoms with van der Waals surface area (Å²) >= 11 is 0. The third-order valence-corrected chi connectivity index (χ3v) is 3.72. The third-order valence-electron chi connectivity index (χ3n) is 3.72. The fourth-order valence-corrected chi connectivity index (χ4v) is 2.53. The van der Waals surface area contributed by atoms with Gasteiger partial charge in [-0.2, -0.15) is 0 Å². The van der Waals surface area contributed by atoms with E-state index < -0.39 is 0 Å². The van der Waals surface area contributed by atoms with Gasteiger partial charge >= 0.3 is 0 Å². The molecule has 0 saturated heterocycles. The predicted molar refractivity (Wildman–Crippen MR) is 82.1 cm³/mol. The summed E-state index contributed by atoms with van der Waals surface area (Å²) in [4.78, 5) is 0. The van der Waals surface area contributed by atoms with Crippen molar-refractivity contribution in [1.82, 2.24) is 0 Å². The predicted octanol–water partition coefficient (Wildman–Crippen LogP) is 5.93. The minimum atomic E-state index is 1.30. The first-order chi connectivity index (χ1) is 8.88. The first-order valence-electron chi connectivity index (χ1n) is 7.95. The topological polar surface area (TPSA) is 0 Å². The molecule has 0 aliphatic heterocycles. The number of unbranched alkanes of at least 4 members (excludes halogenated alkanes) is 5. The normalized spacial score (nSPS) is 13.4. The lowest BCUT2D eigenvalue weighted by Gasteiger charge is -2.13. The van der Waals surface area contributed by atoms with Crippen LogP contribution in [0.3, 0.4) is 0 Å². The molecule has 0 radical (unpaired) electrons. The Bertz CT molecular complexity index is 270. The number of hydrogen-bond acceptors (Lipinski definition) is 0. The highest BCUT2D eigenvalue weighted by atomic mass is 14.1. The van der Waals surface area contributed by atoms with E-state index in [0.29, 0.717) is 0 Å². The van der Waals surface area contributed by atoms with Gasteiger partial charge in [-0.1, -0.05) is 76.6 Å². The average molecular weight is 246 g/mol. The van der Waals surface area contributed by atoms with Gasteiger partial charge in [0.15, 0.2) is 0 Å². The first kappa shape index (κ1) is 15.3. The summed E-state index contributed by atoms with van der Waals surface area (Å²) in [7, 11) is 0. The van der Waals surface area contributed by atoms with E-state index >= 15 is 0 Å². The number of aryl methyl sites for hydroxylation is 2. The Kier molecular flexibility index (Phi) is 8.63. The lowest BCUT2D eigenvalue weighted by Crippen LogP contribution is -2.00. The van der Waals surface area contributed by atoms with Crippen molar-refractivity contribution in [3.05, 3.63) is 35.4 Å². The molecule has 0 spiro atoms. The van der Waals surface area contributed by atoms with Crippen molar-refractivity contribution < 1.29 is 0 Å². The number of benzene rings is 1. The molecule has 2 rings (SSSR count). The summed E-state index contributed by atoms with van der Waals surface area (Å²) in [5.41, 5.74) is 3.16. The van der Waals surface area contributed by atoms with E-state index in [4.69, 9.17) is 0 Å². The second-order valence-corrected chi connectivity index (χ2v) is 5.39. The van der Waals surface area contributed by atoms with Crippen LogP contribution in [0.4, 0.5) is 0 Å². The maximum absolute atomic E-state index is 2.26. The summed E-state index contributed by atoms with van der Waals surface area (Å²) in [5.74, 6) is 0. The number of fused-ring (bicyclic) bond motifs is 1. The van der Waals surface area contributed by atoms with Gasteiger partial charge in [0, 0.05) is 0 Å². The molecule has 0 heterocycles. The van der Waals surface area contributed by atoms with E-state index in [1.165, 1.54) is 64.2 Å². The van der Waals surface area contributed by atoms with Gasteiger partial charge in [0.1, 0.15) is 0 Å². The van der Waals surface area contributed by atoms with Gasteiger partial charge in [0.2, 0.25) is 0 Å². The average Bonchev–Trinajstić information content (AvgIpc) is 2.45. The first-order valence-corrected chi connectivity index (χ1v) is 7.95. The Morgan fingerprint density at radius 3 is 1.56 bits per heavy atom. The molecular formula is C18H30. The van der Waals surface area contributed by atoms with Crippen LogP contribution in [0.1, 0.15) is 76.3 Å². The highest BCUT2D eigenvalue weighted by molar-refractivity contribution is 5.28. The second-order valence-electron chi connectivity index (χ2n) is 5.39. The fourth-order valence-electron chi connectivity index (χ4n) is 2.53. The molecule has 0 saturated carbocycles. The van der Waals surface area contributed by atoms with E-state index in [1.54, 1.807) is 11.1 Å². The van der Waals surface area contributed by atoms with Crippen molar-refractivity contribution in [3.8, 4) is 0 Å². The molecule has 1 aromatic carbocycles. The molecule has 0 N–H and O–H groups in total. The molecule has 0 unspecified atom stereocenters. The van der Waals surface area contributed by atoms with Crippen molar-refractivity contribution in [2.24, 2.45) is 0 Å². The van der Waals surface area contributed by atoms with Crippen molar-refractivity contribution in [1.29, 1.82) is 0 Å². The Balaban J connectivity index is 0.000000187. The number of hydrogen-bond donors (Lipinski definition) is 0. The van der Waals surface area contributed by atoms with Crippen LogP contribution >= 0.6 is 0 Å². The van der Waals surface area contributed by atoms with Gasteiger partial charge in [-0.25, -0.2) is 0 Å². The highest BCUT2D eigenvalue weighted by Gasteiger charge is 2.05. The molecule has 1 aliphatic rings. The summed E-state index contributed by atoms with van der Waals surface area (Å²) in [6.45, 7) is 4.51. The molecule has 0 amide bonds. The zero-order valence-corrected chi connectivity index (χ0v) is 12.4. The Morgan fingerprint density at radius 1 is 0.722 bits per heavy atom. The molecule has 102 valence electrons. The number of rotatable bonds is 5. The van der Waals surface area contributed by atoms with Crippen molar-refractivity contribution in [2.45, 2.75) is 78.1 Å². The summed E-state index contributed by atoms with van der Waals surface area (Å²) in [5, 5.41) is 0. The molecule has 0 aromatic heterocycles. The minimum absolute atomic E-state index is 1.30. The van der Waals surface area contributed by atoms with Gasteiger partial charge in [-0.3, -0.25) is 0 Å². The lowest BCUT2D eigenvalue weighted by molar-refractivity contribution is 0.624. The molecule has 0 atom stereocenters. The highest BCUT2D eigenvalue weighted by Crippen LogP contribution is 2.19. The Hall–Kier alpha value is -0.780. The smallest absolute Gasteiger partial charge is 0.0276 e. The van der Waals surface area contributed by atoms with Crippen LogP contribution in [-0.2, 0) is 12.8 Å². The van der Waals surface area contributed by atoms with Crippen molar-refractivity contribution >= 4 is 0 Å². The lowest BCUT2D eigenvalue weighted by atomic mass is 9.92. The largest absolute Gasteiger partial charge is 0.0654 e. The van der Waals surface area contributed by atoms with Gasteiger partial charge in [0.25, 0.3) is 0 Å². The van der Waals surface area contributed by atoms with Gasteiger partial charge in [-0.15, -0.1) is 0 Å². The van der Waals surface area contributed by atoms with E-state index in [0.717, 1.165) is 0 Å². The van der Waals surface area contributed by atoms with Crippen LogP contribution in [0.2, 0.25) is 0 Å². The van der Waals surface area contributed by atoms with Crippen LogP contribution < -0.4 is 0 Å². The van der Waals surface area contributed by atoms with Gasteiger partial charge in [-0.05, 0) is 36.8 Å². The van der Waals surface area contributed by atoms with Gasteiger partial charge in [0.05, 0.1) is 0 Å². The van der Waals surface area contributed by atoms with E-state index in [2.05, 4.69) is 38.1 Å². The minimum Gasteiger partial charge on any atom is -0.0654 e. The molecule has 0 nitrogen and oxygen atoms in total. The van der Waals surface area contributed by atoms with Crippen LogP contribution in [0, 0.1) is 0 Å². The molecule has 0 fully saturated rings. The molecule has 1 aliphatic carbocycles. The molecule has 18 heavy (non-hydrogen) atoms. The van der Waals surface area contributed by atoms with Crippen LogP contribution in [0.5, 0.6) is 0 Å². The summed E-state index contributed by atoms with van der Waals surface area (Å²) < 4.78 is 0. The molecule has 0 heteroatoms. The van der Waals surface area contributed by atoms with E-state index in [-0.39, 0.29) is 0 Å². The standard InChI is InChI=1S/C10H12.C8H18/c1-2-6-10-8-4-3-7-9(10)5-1;1-3-5-7-8-6-4-2/h1-2,5-6H,3-4,7-8H2;3-8H2,1-2H3. The SMILES string of the molecule is CCCCCCCC.c1ccc2c(c1)CCCC2. The van der Waals surface area contributed by atoms with Crippen molar-refractivity contribution in [3.63, 3.8) is 0 Å². The fraction of sp³-hybridized carbons (Fsp3) is 0.667. The second kappa shape index (κ2) is 10.2. The maximum Gasteiger partial charge on any atom is -0.0276 e. The summed E-state index contributed by atoms with van der Waals surface area (Å²) in [6, 6.07) is 8.80. The van der Waals surface area contributed by atoms with Gasteiger partial charge < -0.3 is 0 Å². The quantitative estimate of drug-likeness (QED) is 0.565.